The van der Waals surface area contributed by atoms with Crippen LogP contribution in [-0.4, -0.2) is 29.2 Å². The van der Waals surface area contributed by atoms with Gasteiger partial charge in [-0.1, -0.05) is 36.2 Å². The number of hydrogen-bond donors (Lipinski definition) is 0. The molecular formula is C23H25N3O3. The van der Waals surface area contributed by atoms with Crippen molar-refractivity contribution < 1.29 is 14.1 Å². The van der Waals surface area contributed by atoms with Crippen LogP contribution >= 0.6 is 0 Å². The van der Waals surface area contributed by atoms with Crippen molar-refractivity contribution in [1.82, 2.24) is 10.1 Å². The van der Waals surface area contributed by atoms with Gasteiger partial charge in [0, 0.05) is 24.2 Å². The molecule has 0 N–H and O–H groups in total. The predicted octanol–water partition coefficient (Wildman–Crippen LogP) is 4.74. The highest BCUT2D eigenvalue weighted by atomic mass is 16.5. The number of benzene rings is 2. The molecule has 1 aromatic heterocycles. The number of carbonyl (C=O) groups excluding carboxylic acids is 1. The minimum absolute atomic E-state index is 0.0761. The van der Waals surface area contributed by atoms with Crippen LogP contribution in [0.2, 0.25) is 0 Å². The Morgan fingerprint density at radius 1 is 1.14 bits per heavy atom. The third kappa shape index (κ3) is 4.31. The summed E-state index contributed by atoms with van der Waals surface area (Å²) in [6, 6.07) is 15.6. The number of aromatic nitrogens is 2. The number of rotatable bonds is 7. The summed E-state index contributed by atoms with van der Waals surface area (Å²) < 4.78 is 11.2. The number of anilines is 1. The molecule has 1 aliphatic heterocycles. The molecule has 1 amide bonds. The van der Waals surface area contributed by atoms with Crippen molar-refractivity contribution >= 4 is 11.6 Å². The quantitative estimate of drug-likeness (QED) is 0.544. The molecule has 150 valence electrons. The van der Waals surface area contributed by atoms with E-state index in [1.54, 1.807) is 4.90 Å². The van der Waals surface area contributed by atoms with Crippen LogP contribution in [0.15, 0.2) is 53.1 Å². The Balaban J connectivity index is 1.44. The van der Waals surface area contributed by atoms with Gasteiger partial charge in [-0.3, -0.25) is 4.79 Å². The Bertz CT molecular complexity index is 964. The van der Waals surface area contributed by atoms with Crippen LogP contribution in [-0.2, 0) is 4.79 Å². The zero-order valence-electron chi connectivity index (χ0n) is 16.8. The van der Waals surface area contributed by atoms with Gasteiger partial charge in [0.15, 0.2) is 0 Å². The van der Waals surface area contributed by atoms with E-state index in [4.69, 9.17) is 9.26 Å². The third-order valence-electron chi connectivity index (χ3n) is 5.14. The molecule has 1 unspecified atom stereocenters. The number of ether oxygens (including phenoxy) is 1. The Morgan fingerprint density at radius 2 is 1.90 bits per heavy atom. The molecule has 6 heteroatoms. The predicted molar refractivity (Wildman–Crippen MR) is 111 cm³/mol. The van der Waals surface area contributed by atoms with Gasteiger partial charge in [-0.15, -0.1) is 0 Å². The van der Waals surface area contributed by atoms with Crippen LogP contribution in [0.5, 0.6) is 5.75 Å². The molecule has 1 saturated heterocycles. The zero-order valence-corrected chi connectivity index (χ0v) is 16.8. The summed E-state index contributed by atoms with van der Waals surface area (Å²) in [5.41, 5.74) is 2.93. The second-order valence-corrected chi connectivity index (χ2v) is 7.42. The molecule has 1 aliphatic rings. The summed E-state index contributed by atoms with van der Waals surface area (Å²) >= 11 is 0. The molecule has 0 bridgehead atoms. The molecule has 4 rings (SSSR count). The van der Waals surface area contributed by atoms with Gasteiger partial charge in [-0.2, -0.15) is 4.98 Å². The van der Waals surface area contributed by atoms with E-state index in [1.165, 1.54) is 5.56 Å². The molecule has 0 radical (unpaired) electrons. The molecule has 6 nitrogen and oxygen atoms in total. The van der Waals surface area contributed by atoms with E-state index in [0.717, 1.165) is 36.4 Å². The number of amides is 1. The zero-order chi connectivity index (χ0) is 20.2. The van der Waals surface area contributed by atoms with E-state index in [1.807, 2.05) is 55.5 Å². The lowest BCUT2D eigenvalue weighted by Gasteiger charge is -2.16. The average Bonchev–Trinajstić information content (AvgIpc) is 3.36. The molecule has 0 spiro atoms. The average molecular weight is 391 g/mol. The standard InChI is InChI=1S/C23H25N3O3/c1-3-4-13-28-20-11-7-17(8-12-20)22-24-23(29-25-22)18-14-21(27)26(15-18)19-9-5-16(2)6-10-19/h5-12,18H,3-4,13-15H2,1-2H3. The van der Waals surface area contributed by atoms with E-state index in [9.17, 15) is 4.79 Å². The Hall–Kier alpha value is -3.15. The molecule has 1 atom stereocenters. The van der Waals surface area contributed by atoms with Gasteiger partial charge in [-0.25, -0.2) is 0 Å². The molecule has 0 saturated carbocycles. The summed E-state index contributed by atoms with van der Waals surface area (Å²) in [5, 5.41) is 4.11. The number of hydrogen-bond acceptors (Lipinski definition) is 5. The van der Waals surface area contributed by atoms with Crippen molar-refractivity contribution in [2.24, 2.45) is 0 Å². The summed E-state index contributed by atoms with van der Waals surface area (Å²) in [7, 11) is 0. The number of unbranched alkanes of at least 4 members (excludes halogenated alkanes) is 1. The van der Waals surface area contributed by atoms with Crippen molar-refractivity contribution in [3.05, 3.63) is 60.0 Å². The largest absolute Gasteiger partial charge is 0.494 e. The van der Waals surface area contributed by atoms with Gasteiger partial charge in [-0.05, 0) is 49.7 Å². The van der Waals surface area contributed by atoms with E-state index in [0.29, 0.717) is 24.7 Å². The Labute approximate surface area is 170 Å². The highest BCUT2D eigenvalue weighted by Crippen LogP contribution is 2.32. The molecule has 29 heavy (non-hydrogen) atoms. The van der Waals surface area contributed by atoms with Crippen LogP contribution in [0.1, 0.15) is 43.6 Å². The van der Waals surface area contributed by atoms with E-state index >= 15 is 0 Å². The van der Waals surface area contributed by atoms with Gasteiger partial charge in [0.2, 0.25) is 17.6 Å². The van der Waals surface area contributed by atoms with Gasteiger partial charge in [0.05, 0.1) is 12.5 Å². The Kier molecular flexibility index (Phi) is 5.60. The van der Waals surface area contributed by atoms with Crippen LogP contribution < -0.4 is 9.64 Å². The number of aryl methyl sites for hydroxylation is 1. The lowest BCUT2D eigenvalue weighted by Crippen LogP contribution is -2.24. The fourth-order valence-electron chi connectivity index (χ4n) is 3.40. The molecule has 0 aliphatic carbocycles. The number of carbonyl (C=O) groups is 1. The highest BCUT2D eigenvalue weighted by molar-refractivity contribution is 5.96. The van der Waals surface area contributed by atoms with Crippen molar-refractivity contribution in [3.8, 4) is 17.1 Å². The van der Waals surface area contributed by atoms with Crippen molar-refractivity contribution in [2.45, 2.75) is 39.0 Å². The first-order valence-electron chi connectivity index (χ1n) is 10.1. The first kappa shape index (κ1) is 19.2. The topological polar surface area (TPSA) is 68.5 Å². The SMILES string of the molecule is CCCCOc1ccc(-c2noc(C3CC(=O)N(c4ccc(C)cc4)C3)n2)cc1. The minimum Gasteiger partial charge on any atom is -0.494 e. The lowest BCUT2D eigenvalue weighted by atomic mass is 10.1. The summed E-state index contributed by atoms with van der Waals surface area (Å²) in [6.07, 6.45) is 2.52. The van der Waals surface area contributed by atoms with Crippen LogP contribution in [0, 0.1) is 6.92 Å². The maximum absolute atomic E-state index is 12.5. The maximum Gasteiger partial charge on any atom is 0.232 e. The van der Waals surface area contributed by atoms with Crippen LogP contribution in [0.3, 0.4) is 0 Å². The normalized spacial score (nSPS) is 16.4. The van der Waals surface area contributed by atoms with Crippen LogP contribution in [0.4, 0.5) is 5.69 Å². The molecule has 1 fully saturated rings. The monoisotopic (exact) mass is 391 g/mol. The molecular weight excluding hydrogens is 366 g/mol. The van der Waals surface area contributed by atoms with E-state index in [-0.39, 0.29) is 11.8 Å². The van der Waals surface area contributed by atoms with E-state index < -0.39 is 0 Å². The first-order chi connectivity index (χ1) is 14.1. The first-order valence-corrected chi connectivity index (χ1v) is 10.1. The second-order valence-electron chi connectivity index (χ2n) is 7.42. The summed E-state index contributed by atoms with van der Waals surface area (Å²) in [6.45, 7) is 5.43. The molecule has 2 heterocycles. The second kappa shape index (κ2) is 8.47. The van der Waals surface area contributed by atoms with Crippen molar-refractivity contribution in [1.29, 1.82) is 0 Å². The smallest absolute Gasteiger partial charge is 0.232 e. The number of nitrogens with zero attached hydrogens (tertiary/aromatic N) is 3. The van der Waals surface area contributed by atoms with Gasteiger partial charge in [0.25, 0.3) is 0 Å². The fourth-order valence-corrected chi connectivity index (χ4v) is 3.40. The van der Waals surface area contributed by atoms with Gasteiger partial charge < -0.3 is 14.2 Å². The lowest BCUT2D eigenvalue weighted by molar-refractivity contribution is -0.117. The van der Waals surface area contributed by atoms with E-state index in [2.05, 4.69) is 17.1 Å². The van der Waals surface area contributed by atoms with Crippen LogP contribution in [0.25, 0.3) is 11.4 Å². The molecule has 2 aromatic carbocycles. The van der Waals surface area contributed by atoms with Gasteiger partial charge in [0.1, 0.15) is 5.75 Å². The highest BCUT2D eigenvalue weighted by Gasteiger charge is 2.35. The summed E-state index contributed by atoms with van der Waals surface area (Å²) in [4.78, 5) is 18.8. The maximum atomic E-state index is 12.5. The van der Waals surface area contributed by atoms with Gasteiger partial charge >= 0.3 is 0 Å². The minimum atomic E-state index is -0.0956. The van der Waals surface area contributed by atoms with Crippen molar-refractivity contribution in [3.63, 3.8) is 0 Å². The molecule has 3 aromatic rings. The Morgan fingerprint density at radius 3 is 2.62 bits per heavy atom. The fraction of sp³-hybridized carbons (Fsp3) is 0.348. The van der Waals surface area contributed by atoms with Crippen molar-refractivity contribution in [2.75, 3.05) is 18.1 Å². The third-order valence-corrected chi connectivity index (χ3v) is 5.14. The summed E-state index contributed by atoms with van der Waals surface area (Å²) in [5.74, 6) is 1.85.